The lowest BCUT2D eigenvalue weighted by Crippen LogP contribution is -2.31. The molecule has 7 heteroatoms. The average Bonchev–Trinajstić information content (AvgIpc) is 2.75. The van der Waals surface area contributed by atoms with Crippen molar-refractivity contribution >= 4 is 23.0 Å². The zero-order valence-corrected chi connectivity index (χ0v) is 10.4. The number of β-amino-alcohol motifs (C(OH)–C–C–N with tert-alkyl or cyclic N) is 1. The Balaban J connectivity index is 2.08. The highest BCUT2D eigenvalue weighted by Crippen LogP contribution is 2.20. The van der Waals surface area contributed by atoms with E-state index in [4.69, 9.17) is 12.2 Å². The van der Waals surface area contributed by atoms with Crippen molar-refractivity contribution in [3.63, 3.8) is 0 Å². The molecule has 1 aromatic carbocycles. The Labute approximate surface area is 109 Å². The van der Waals surface area contributed by atoms with E-state index >= 15 is 0 Å². The number of aliphatic hydroxyl groups is 1. The molecule has 2 N–H and O–H groups in total. The second-order valence-electron chi connectivity index (χ2n) is 4.05. The van der Waals surface area contributed by atoms with E-state index in [-0.39, 0.29) is 5.69 Å². The van der Waals surface area contributed by atoms with Gasteiger partial charge in [-0.05, 0) is 17.8 Å². The number of rotatable bonds is 4. The maximum atomic E-state index is 10.7. The Morgan fingerprint density at radius 2 is 2.39 bits per heavy atom. The SMILES string of the molecule is O=[N+]([O-])c1cccc(C(O)CN2CCNC2=S)c1. The third kappa shape index (κ3) is 2.74. The standard InChI is InChI=1S/C11H13N3O3S/c15-10(7-13-5-4-12-11(13)18)8-2-1-3-9(6-8)14(16)17/h1-3,6,10,15H,4-5,7H2,(H,12,18). The highest BCUT2D eigenvalue weighted by molar-refractivity contribution is 7.80. The Bertz CT molecular complexity index is 480. The quantitative estimate of drug-likeness (QED) is 0.478. The lowest BCUT2D eigenvalue weighted by molar-refractivity contribution is -0.385. The molecule has 1 fully saturated rings. The van der Waals surface area contributed by atoms with Gasteiger partial charge in [-0.25, -0.2) is 0 Å². The number of hydrogen-bond donors (Lipinski definition) is 2. The lowest BCUT2D eigenvalue weighted by Gasteiger charge is -2.20. The summed E-state index contributed by atoms with van der Waals surface area (Å²) in [7, 11) is 0. The minimum Gasteiger partial charge on any atom is -0.387 e. The van der Waals surface area contributed by atoms with Crippen molar-refractivity contribution in [2.45, 2.75) is 6.10 Å². The second-order valence-corrected chi connectivity index (χ2v) is 4.43. The molecule has 1 aliphatic heterocycles. The number of thiocarbonyl (C=S) groups is 1. The van der Waals surface area contributed by atoms with Crippen molar-refractivity contribution in [2.24, 2.45) is 0 Å². The van der Waals surface area contributed by atoms with E-state index in [1.54, 1.807) is 12.1 Å². The Morgan fingerprint density at radius 3 is 3.00 bits per heavy atom. The van der Waals surface area contributed by atoms with E-state index in [9.17, 15) is 15.2 Å². The first-order chi connectivity index (χ1) is 8.58. The molecular weight excluding hydrogens is 254 g/mol. The fraction of sp³-hybridized carbons (Fsp3) is 0.364. The van der Waals surface area contributed by atoms with Crippen molar-refractivity contribution in [1.82, 2.24) is 10.2 Å². The van der Waals surface area contributed by atoms with Gasteiger partial charge in [-0.15, -0.1) is 0 Å². The summed E-state index contributed by atoms with van der Waals surface area (Å²) >= 11 is 5.07. The number of aliphatic hydroxyl groups excluding tert-OH is 1. The van der Waals surface area contributed by atoms with E-state index in [1.807, 2.05) is 4.90 Å². The normalized spacial score (nSPS) is 16.5. The van der Waals surface area contributed by atoms with Gasteiger partial charge >= 0.3 is 0 Å². The molecule has 0 spiro atoms. The van der Waals surface area contributed by atoms with Crippen LogP contribution in [0.15, 0.2) is 24.3 Å². The van der Waals surface area contributed by atoms with Crippen LogP contribution in [0.5, 0.6) is 0 Å². The number of benzene rings is 1. The summed E-state index contributed by atoms with van der Waals surface area (Å²) in [6.07, 6.45) is -0.789. The number of nitrogens with zero attached hydrogens (tertiary/aromatic N) is 2. The highest BCUT2D eigenvalue weighted by Gasteiger charge is 2.21. The minimum absolute atomic E-state index is 0.0197. The molecule has 0 aliphatic carbocycles. The average molecular weight is 267 g/mol. The Kier molecular flexibility index (Phi) is 3.73. The third-order valence-electron chi connectivity index (χ3n) is 2.80. The van der Waals surface area contributed by atoms with Crippen LogP contribution in [0.25, 0.3) is 0 Å². The van der Waals surface area contributed by atoms with E-state index in [2.05, 4.69) is 5.32 Å². The van der Waals surface area contributed by atoms with Gasteiger partial charge in [0.15, 0.2) is 5.11 Å². The van der Waals surface area contributed by atoms with Gasteiger partial charge in [-0.1, -0.05) is 12.1 Å². The van der Waals surface area contributed by atoms with Crippen LogP contribution in [-0.4, -0.2) is 39.7 Å². The number of nitro groups is 1. The van der Waals surface area contributed by atoms with Crippen molar-refractivity contribution in [3.05, 3.63) is 39.9 Å². The van der Waals surface area contributed by atoms with E-state index in [0.717, 1.165) is 13.1 Å². The molecule has 1 saturated heterocycles. The highest BCUT2D eigenvalue weighted by atomic mass is 32.1. The molecule has 0 radical (unpaired) electrons. The Morgan fingerprint density at radius 1 is 1.61 bits per heavy atom. The maximum Gasteiger partial charge on any atom is 0.269 e. The van der Waals surface area contributed by atoms with Crippen LogP contribution in [0.1, 0.15) is 11.7 Å². The first-order valence-electron chi connectivity index (χ1n) is 5.53. The zero-order valence-electron chi connectivity index (χ0n) is 9.57. The van der Waals surface area contributed by atoms with Crippen LogP contribution in [0, 0.1) is 10.1 Å². The van der Waals surface area contributed by atoms with Gasteiger partial charge in [0.1, 0.15) is 0 Å². The number of nitrogens with one attached hydrogen (secondary N) is 1. The molecule has 6 nitrogen and oxygen atoms in total. The van der Waals surface area contributed by atoms with Crippen LogP contribution in [0.3, 0.4) is 0 Å². The monoisotopic (exact) mass is 267 g/mol. The molecule has 0 aromatic heterocycles. The summed E-state index contributed by atoms with van der Waals surface area (Å²) in [4.78, 5) is 12.0. The fourth-order valence-electron chi connectivity index (χ4n) is 1.85. The smallest absolute Gasteiger partial charge is 0.269 e. The molecule has 1 aromatic rings. The van der Waals surface area contributed by atoms with Gasteiger partial charge < -0.3 is 15.3 Å². The summed E-state index contributed by atoms with van der Waals surface area (Å²) in [5, 5.41) is 24.3. The summed E-state index contributed by atoms with van der Waals surface area (Å²) in [5.74, 6) is 0. The van der Waals surface area contributed by atoms with Gasteiger partial charge in [0.05, 0.1) is 17.6 Å². The molecule has 1 aliphatic rings. The molecule has 1 unspecified atom stereocenters. The van der Waals surface area contributed by atoms with E-state index < -0.39 is 11.0 Å². The lowest BCUT2D eigenvalue weighted by atomic mass is 10.1. The van der Waals surface area contributed by atoms with Crippen molar-refractivity contribution in [3.8, 4) is 0 Å². The minimum atomic E-state index is -0.789. The number of nitro benzene ring substituents is 1. The molecule has 0 bridgehead atoms. The van der Waals surface area contributed by atoms with Crippen LogP contribution < -0.4 is 5.32 Å². The van der Waals surface area contributed by atoms with Crippen LogP contribution in [-0.2, 0) is 0 Å². The molecule has 2 rings (SSSR count). The predicted molar refractivity (Wildman–Crippen MR) is 70.2 cm³/mol. The molecule has 1 heterocycles. The first kappa shape index (κ1) is 12.7. The van der Waals surface area contributed by atoms with Gasteiger partial charge in [0.25, 0.3) is 5.69 Å². The molecule has 96 valence electrons. The maximum absolute atomic E-state index is 10.7. The number of hydrogen-bond acceptors (Lipinski definition) is 4. The largest absolute Gasteiger partial charge is 0.387 e. The summed E-state index contributed by atoms with van der Waals surface area (Å²) in [6, 6.07) is 6.02. The molecule has 0 saturated carbocycles. The molecule has 1 atom stereocenters. The summed E-state index contributed by atoms with van der Waals surface area (Å²) < 4.78 is 0. The van der Waals surface area contributed by atoms with Crippen molar-refractivity contribution in [1.29, 1.82) is 0 Å². The Hall–Kier alpha value is -1.73. The summed E-state index contributed by atoms with van der Waals surface area (Å²) in [5.41, 5.74) is 0.507. The molecule has 18 heavy (non-hydrogen) atoms. The van der Waals surface area contributed by atoms with E-state index in [0.29, 0.717) is 17.2 Å². The molecule has 0 amide bonds. The van der Waals surface area contributed by atoms with Crippen LogP contribution in [0.4, 0.5) is 5.69 Å². The second kappa shape index (κ2) is 5.28. The van der Waals surface area contributed by atoms with Crippen molar-refractivity contribution < 1.29 is 10.0 Å². The van der Waals surface area contributed by atoms with Gasteiger partial charge in [-0.2, -0.15) is 0 Å². The predicted octanol–water partition coefficient (Wildman–Crippen LogP) is 0.818. The topological polar surface area (TPSA) is 78.6 Å². The number of non-ortho nitro benzene ring substituents is 1. The van der Waals surface area contributed by atoms with Crippen LogP contribution >= 0.6 is 12.2 Å². The van der Waals surface area contributed by atoms with Crippen LogP contribution in [0.2, 0.25) is 0 Å². The third-order valence-corrected chi connectivity index (χ3v) is 3.21. The van der Waals surface area contributed by atoms with Crippen molar-refractivity contribution in [2.75, 3.05) is 19.6 Å². The van der Waals surface area contributed by atoms with E-state index in [1.165, 1.54) is 12.1 Å². The van der Waals surface area contributed by atoms with Gasteiger partial charge in [-0.3, -0.25) is 10.1 Å². The fourth-order valence-corrected chi connectivity index (χ4v) is 2.11. The molecular formula is C11H13N3O3S. The van der Waals surface area contributed by atoms with Gasteiger partial charge in [0.2, 0.25) is 0 Å². The zero-order chi connectivity index (χ0) is 13.1. The summed E-state index contributed by atoms with van der Waals surface area (Å²) in [6.45, 7) is 1.85. The van der Waals surface area contributed by atoms with Gasteiger partial charge in [0, 0.05) is 25.2 Å². The first-order valence-corrected chi connectivity index (χ1v) is 5.94.